The van der Waals surface area contributed by atoms with Gasteiger partial charge in [-0.1, -0.05) is 12.1 Å². The van der Waals surface area contributed by atoms with Gasteiger partial charge in [0.15, 0.2) is 5.96 Å². The number of guanidine groups is 1. The number of nitrogens with one attached hydrogen (secondary N) is 2. The Bertz CT molecular complexity index is 449. The standard InChI is InChI=1S/C15H24FN3O/c1-5-17-15(18-8-9-20-4)19-12(3)13-7-6-11(2)14(16)10-13/h6-7,10,12H,5,8-9H2,1-4H3,(H2,17,18,19). The van der Waals surface area contributed by atoms with Gasteiger partial charge in [-0.15, -0.1) is 0 Å². The van der Waals surface area contributed by atoms with Gasteiger partial charge in [0.2, 0.25) is 0 Å². The van der Waals surface area contributed by atoms with Crippen LogP contribution in [-0.2, 0) is 4.74 Å². The number of nitrogens with zero attached hydrogens (tertiary/aromatic N) is 1. The Morgan fingerprint density at radius 2 is 2.20 bits per heavy atom. The minimum atomic E-state index is -0.183. The lowest BCUT2D eigenvalue weighted by Crippen LogP contribution is -2.39. The van der Waals surface area contributed by atoms with Crippen molar-refractivity contribution in [2.24, 2.45) is 4.99 Å². The highest BCUT2D eigenvalue weighted by molar-refractivity contribution is 5.80. The van der Waals surface area contributed by atoms with Gasteiger partial charge >= 0.3 is 0 Å². The zero-order chi connectivity index (χ0) is 15.0. The summed E-state index contributed by atoms with van der Waals surface area (Å²) in [5.74, 6) is 0.524. The molecular weight excluding hydrogens is 257 g/mol. The van der Waals surface area contributed by atoms with E-state index in [1.807, 2.05) is 19.9 Å². The average molecular weight is 281 g/mol. The highest BCUT2D eigenvalue weighted by atomic mass is 19.1. The van der Waals surface area contributed by atoms with Gasteiger partial charge in [0, 0.05) is 13.7 Å². The summed E-state index contributed by atoms with van der Waals surface area (Å²) in [6.45, 7) is 7.67. The molecule has 0 amide bonds. The lowest BCUT2D eigenvalue weighted by atomic mass is 10.1. The fourth-order valence-corrected chi connectivity index (χ4v) is 1.74. The molecule has 1 atom stereocenters. The van der Waals surface area contributed by atoms with Crippen LogP contribution < -0.4 is 10.6 Å². The lowest BCUT2D eigenvalue weighted by molar-refractivity contribution is 0.208. The molecule has 0 heterocycles. The Hall–Kier alpha value is -1.62. The molecule has 1 aromatic rings. The number of methoxy groups -OCH3 is 1. The van der Waals surface area contributed by atoms with Crippen molar-refractivity contribution in [2.45, 2.75) is 26.8 Å². The minimum absolute atomic E-state index is 0.0227. The number of aryl methyl sites for hydroxylation is 1. The van der Waals surface area contributed by atoms with Crippen LogP contribution in [0.3, 0.4) is 0 Å². The summed E-state index contributed by atoms with van der Waals surface area (Å²) in [6, 6.07) is 5.25. The van der Waals surface area contributed by atoms with E-state index in [2.05, 4.69) is 15.6 Å². The van der Waals surface area contributed by atoms with E-state index < -0.39 is 0 Å². The normalized spacial score (nSPS) is 13.2. The van der Waals surface area contributed by atoms with Crippen molar-refractivity contribution in [3.05, 3.63) is 35.1 Å². The van der Waals surface area contributed by atoms with Gasteiger partial charge in [-0.05, 0) is 38.0 Å². The number of aliphatic imine (C=N–C) groups is 1. The summed E-state index contributed by atoms with van der Waals surface area (Å²) in [5, 5.41) is 6.41. The van der Waals surface area contributed by atoms with E-state index in [-0.39, 0.29) is 11.9 Å². The van der Waals surface area contributed by atoms with Crippen molar-refractivity contribution in [2.75, 3.05) is 26.8 Å². The van der Waals surface area contributed by atoms with Crippen molar-refractivity contribution in [3.63, 3.8) is 0 Å². The Labute approximate surface area is 120 Å². The third-order valence-electron chi connectivity index (χ3n) is 2.96. The third kappa shape index (κ3) is 5.17. The molecule has 1 unspecified atom stereocenters. The van der Waals surface area contributed by atoms with Crippen LogP contribution in [0, 0.1) is 12.7 Å². The number of benzene rings is 1. The Kier molecular flexibility index (Phi) is 7.01. The molecule has 0 saturated heterocycles. The first-order chi connectivity index (χ1) is 9.58. The maximum Gasteiger partial charge on any atom is 0.191 e. The summed E-state index contributed by atoms with van der Waals surface area (Å²) in [5.41, 5.74) is 1.55. The predicted molar refractivity (Wildman–Crippen MR) is 80.5 cm³/mol. The molecule has 0 radical (unpaired) electrons. The zero-order valence-electron chi connectivity index (χ0n) is 12.7. The SMILES string of the molecule is CCNC(=NCCOC)NC(C)c1ccc(C)c(F)c1. The van der Waals surface area contributed by atoms with Crippen LogP contribution in [0.15, 0.2) is 23.2 Å². The van der Waals surface area contributed by atoms with E-state index >= 15 is 0 Å². The minimum Gasteiger partial charge on any atom is -0.383 e. The monoisotopic (exact) mass is 281 g/mol. The molecule has 4 nitrogen and oxygen atoms in total. The van der Waals surface area contributed by atoms with Crippen molar-refractivity contribution < 1.29 is 9.13 Å². The molecule has 1 aromatic carbocycles. The van der Waals surface area contributed by atoms with Crippen molar-refractivity contribution >= 4 is 5.96 Å². The van der Waals surface area contributed by atoms with E-state index in [9.17, 15) is 4.39 Å². The molecule has 0 spiro atoms. The van der Waals surface area contributed by atoms with Crippen LogP contribution in [0.1, 0.15) is 31.0 Å². The molecule has 0 aliphatic carbocycles. The molecule has 2 N–H and O–H groups in total. The maximum absolute atomic E-state index is 13.6. The van der Waals surface area contributed by atoms with Gasteiger partial charge in [0.25, 0.3) is 0 Å². The summed E-state index contributed by atoms with van der Waals surface area (Å²) < 4.78 is 18.6. The number of rotatable bonds is 6. The van der Waals surface area contributed by atoms with Crippen molar-refractivity contribution in [1.82, 2.24) is 10.6 Å². The molecule has 112 valence electrons. The number of hydrogen-bond donors (Lipinski definition) is 2. The second kappa shape index (κ2) is 8.53. The van der Waals surface area contributed by atoms with E-state index in [0.717, 1.165) is 12.1 Å². The third-order valence-corrected chi connectivity index (χ3v) is 2.96. The molecule has 0 aromatic heterocycles. The van der Waals surface area contributed by atoms with Crippen LogP contribution in [0.4, 0.5) is 4.39 Å². The summed E-state index contributed by atoms with van der Waals surface area (Å²) in [6.07, 6.45) is 0. The number of hydrogen-bond acceptors (Lipinski definition) is 2. The largest absolute Gasteiger partial charge is 0.383 e. The first kappa shape index (κ1) is 16.4. The summed E-state index contributed by atoms with van der Waals surface area (Å²) >= 11 is 0. The van der Waals surface area contributed by atoms with Crippen molar-refractivity contribution in [3.8, 4) is 0 Å². The van der Waals surface area contributed by atoms with Gasteiger partial charge in [0.05, 0.1) is 19.2 Å². The highest BCUT2D eigenvalue weighted by Gasteiger charge is 2.09. The van der Waals surface area contributed by atoms with E-state index in [0.29, 0.717) is 24.7 Å². The first-order valence-electron chi connectivity index (χ1n) is 6.88. The van der Waals surface area contributed by atoms with Crippen LogP contribution in [-0.4, -0.2) is 32.8 Å². The Balaban J connectivity index is 2.71. The average Bonchev–Trinajstić information content (AvgIpc) is 2.42. The second-order valence-electron chi connectivity index (χ2n) is 4.63. The first-order valence-corrected chi connectivity index (χ1v) is 6.88. The molecule has 20 heavy (non-hydrogen) atoms. The van der Waals surface area contributed by atoms with E-state index in [1.54, 1.807) is 26.2 Å². The smallest absolute Gasteiger partial charge is 0.191 e. The molecule has 0 saturated carbocycles. The van der Waals surface area contributed by atoms with Gasteiger partial charge in [-0.25, -0.2) is 4.39 Å². The fourth-order valence-electron chi connectivity index (χ4n) is 1.74. The van der Waals surface area contributed by atoms with Gasteiger partial charge < -0.3 is 15.4 Å². The molecule has 5 heteroatoms. The number of ether oxygens (including phenoxy) is 1. The predicted octanol–water partition coefficient (Wildman–Crippen LogP) is 2.40. The van der Waals surface area contributed by atoms with Gasteiger partial charge in [-0.3, -0.25) is 4.99 Å². The molecular formula is C15H24FN3O. The zero-order valence-corrected chi connectivity index (χ0v) is 12.7. The van der Waals surface area contributed by atoms with Crippen molar-refractivity contribution in [1.29, 1.82) is 0 Å². The second-order valence-corrected chi connectivity index (χ2v) is 4.63. The van der Waals surface area contributed by atoms with Gasteiger partial charge in [0.1, 0.15) is 5.82 Å². The van der Waals surface area contributed by atoms with E-state index in [1.165, 1.54) is 0 Å². The molecule has 0 bridgehead atoms. The van der Waals surface area contributed by atoms with Crippen LogP contribution in [0.5, 0.6) is 0 Å². The quantitative estimate of drug-likeness (QED) is 0.478. The maximum atomic E-state index is 13.6. The highest BCUT2D eigenvalue weighted by Crippen LogP contribution is 2.16. The molecule has 0 fully saturated rings. The lowest BCUT2D eigenvalue weighted by Gasteiger charge is -2.18. The van der Waals surface area contributed by atoms with Crippen LogP contribution >= 0.6 is 0 Å². The topological polar surface area (TPSA) is 45.7 Å². The molecule has 1 rings (SSSR count). The fraction of sp³-hybridized carbons (Fsp3) is 0.533. The Morgan fingerprint density at radius 1 is 1.45 bits per heavy atom. The molecule has 0 aliphatic heterocycles. The van der Waals surface area contributed by atoms with Crippen LogP contribution in [0.25, 0.3) is 0 Å². The van der Waals surface area contributed by atoms with Crippen LogP contribution in [0.2, 0.25) is 0 Å². The Morgan fingerprint density at radius 3 is 2.80 bits per heavy atom. The summed E-state index contributed by atoms with van der Waals surface area (Å²) in [7, 11) is 1.65. The van der Waals surface area contributed by atoms with Gasteiger partial charge in [-0.2, -0.15) is 0 Å². The number of halogens is 1. The summed E-state index contributed by atoms with van der Waals surface area (Å²) in [4.78, 5) is 4.38. The molecule has 0 aliphatic rings. The van der Waals surface area contributed by atoms with E-state index in [4.69, 9.17) is 4.74 Å².